The van der Waals surface area contributed by atoms with Gasteiger partial charge in [0.15, 0.2) is 12.5 Å². The van der Waals surface area contributed by atoms with Crippen molar-refractivity contribution in [3.05, 3.63) is 52.0 Å². The highest BCUT2D eigenvalue weighted by Crippen LogP contribution is 2.49. The minimum Gasteiger partial charge on any atom is -0.468 e. The van der Waals surface area contributed by atoms with Crippen LogP contribution in [0.2, 0.25) is 0 Å². The van der Waals surface area contributed by atoms with Gasteiger partial charge in [0.1, 0.15) is 6.61 Å². The van der Waals surface area contributed by atoms with E-state index in [1.165, 1.54) is 13.0 Å². The van der Waals surface area contributed by atoms with Crippen molar-refractivity contribution in [2.24, 2.45) is 7.05 Å². The highest BCUT2D eigenvalue weighted by atomic mass is 16.5. The molecular weight excluding hydrogens is 320 g/mol. The van der Waals surface area contributed by atoms with Crippen molar-refractivity contribution in [3.63, 3.8) is 0 Å². The molecule has 0 atom stereocenters. The average molecular weight is 338 g/mol. The van der Waals surface area contributed by atoms with Crippen LogP contribution in [0.5, 0.6) is 5.75 Å². The predicted molar refractivity (Wildman–Crippen MR) is 95.4 cm³/mol. The first-order valence-corrected chi connectivity index (χ1v) is 7.99. The van der Waals surface area contributed by atoms with Crippen LogP contribution < -0.4 is 15.2 Å². The fourth-order valence-corrected chi connectivity index (χ4v) is 3.48. The number of ether oxygens (including phenoxy) is 2. The Labute approximate surface area is 144 Å². The second-order valence-electron chi connectivity index (χ2n) is 6.37. The maximum absolute atomic E-state index is 12.4. The fourth-order valence-electron chi connectivity index (χ4n) is 3.48. The highest BCUT2D eigenvalue weighted by Gasteiger charge is 2.32. The molecule has 4 rings (SSSR count). The molecule has 2 aliphatic heterocycles. The Morgan fingerprint density at radius 1 is 1.40 bits per heavy atom. The topological polar surface area (TPSA) is 60.8 Å². The number of rotatable bonds is 2. The average Bonchev–Trinajstić information content (AvgIpc) is 2.99. The number of benzene rings is 1. The number of esters is 1. The van der Waals surface area contributed by atoms with Gasteiger partial charge >= 0.3 is 5.97 Å². The zero-order valence-electron chi connectivity index (χ0n) is 14.4. The lowest BCUT2D eigenvalue weighted by Gasteiger charge is -2.26. The van der Waals surface area contributed by atoms with Gasteiger partial charge < -0.3 is 18.9 Å². The minimum atomic E-state index is -0.383. The summed E-state index contributed by atoms with van der Waals surface area (Å²) >= 11 is 0. The smallest absolute Gasteiger partial charge is 0.302 e. The van der Waals surface area contributed by atoms with E-state index in [2.05, 4.69) is 6.58 Å². The van der Waals surface area contributed by atoms with Crippen molar-refractivity contribution in [1.82, 2.24) is 4.57 Å². The summed E-state index contributed by atoms with van der Waals surface area (Å²) in [5.41, 5.74) is 5.13. The number of hydrogen-bond donors (Lipinski definition) is 0. The monoisotopic (exact) mass is 338 g/mol. The Balaban J connectivity index is 2.07. The van der Waals surface area contributed by atoms with Gasteiger partial charge in [0.2, 0.25) is 0 Å². The summed E-state index contributed by atoms with van der Waals surface area (Å²) in [6.45, 7) is 7.88. The lowest BCUT2D eigenvalue weighted by atomic mass is 9.95. The van der Waals surface area contributed by atoms with E-state index in [0.717, 1.165) is 27.9 Å². The standard InChI is InChI=1S/C19H18N2O4/c1-10-5-11(2)21-9-25-19-17-15(7-14(10)18(19)21)13(8-24-12(3)22)6-16(23)20(17)4/h5-7H,2,8-9H2,1,3-4H3. The van der Waals surface area contributed by atoms with Crippen molar-refractivity contribution in [2.75, 3.05) is 11.6 Å². The molecule has 0 radical (unpaired) electrons. The van der Waals surface area contributed by atoms with E-state index in [0.29, 0.717) is 23.6 Å². The molecule has 128 valence electrons. The van der Waals surface area contributed by atoms with Gasteiger partial charge in [-0.15, -0.1) is 0 Å². The maximum Gasteiger partial charge on any atom is 0.302 e. The Hall–Kier alpha value is -3.02. The number of pyridine rings is 1. The van der Waals surface area contributed by atoms with Crippen LogP contribution in [-0.2, 0) is 23.2 Å². The van der Waals surface area contributed by atoms with Crippen LogP contribution in [0.1, 0.15) is 25.0 Å². The van der Waals surface area contributed by atoms with Crippen molar-refractivity contribution in [3.8, 4) is 5.75 Å². The Morgan fingerprint density at radius 3 is 2.88 bits per heavy atom. The number of nitrogens with zero attached hydrogens (tertiary/aromatic N) is 2. The summed E-state index contributed by atoms with van der Waals surface area (Å²) < 4.78 is 12.6. The van der Waals surface area contributed by atoms with E-state index in [-0.39, 0.29) is 18.1 Å². The molecule has 0 saturated heterocycles. The maximum atomic E-state index is 12.4. The molecular formula is C19H18N2O4. The lowest BCUT2D eigenvalue weighted by molar-refractivity contribution is -0.142. The molecule has 0 bridgehead atoms. The van der Waals surface area contributed by atoms with Crippen molar-refractivity contribution < 1.29 is 14.3 Å². The Morgan fingerprint density at radius 2 is 2.16 bits per heavy atom. The van der Waals surface area contributed by atoms with Gasteiger partial charge in [-0.3, -0.25) is 9.59 Å². The first kappa shape index (κ1) is 15.5. The minimum absolute atomic E-state index is 0.0549. The molecule has 25 heavy (non-hydrogen) atoms. The van der Waals surface area contributed by atoms with Crippen LogP contribution in [0.4, 0.5) is 5.69 Å². The first-order chi connectivity index (χ1) is 11.9. The van der Waals surface area contributed by atoms with Crippen LogP contribution in [0, 0.1) is 0 Å². The second-order valence-corrected chi connectivity index (χ2v) is 6.37. The van der Waals surface area contributed by atoms with Gasteiger partial charge in [-0.2, -0.15) is 0 Å². The van der Waals surface area contributed by atoms with E-state index >= 15 is 0 Å². The number of allylic oxidation sites excluding steroid dienone is 2. The van der Waals surface area contributed by atoms with E-state index in [1.807, 2.05) is 24.0 Å². The number of fused-ring (bicyclic) bond motifs is 2. The van der Waals surface area contributed by atoms with Crippen LogP contribution in [0.3, 0.4) is 0 Å². The third kappa shape index (κ3) is 2.17. The molecule has 0 fully saturated rings. The number of aromatic nitrogens is 1. The van der Waals surface area contributed by atoms with E-state index in [4.69, 9.17) is 9.47 Å². The lowest BCUT2D eigenvalue weighted by Crippen LogP contribution is -2.22. The Bertz CT molecular complexity index is 1050. The van der Waals surface area contributed by atoms with E-state index < -0.39 is 0 Å². The molecule has 0 aliphatic carbocycles. The molecule has 0 spiro atoms. The molecule has 1 aromatic heterocycles. The summed E-state index contributed by atoms with van der Waals surface area (Å²) in [6.07, 6.45) is 2.01. The molecule has 1 aromatic carbocycles. The van der Waals surface area contributed by atoms with Crippen LogP contribution in [-0.4, -0.2) is 17.3 Å². The molecule has 3 heterocycles. The molecule has 0 unspecified atom stereocenters. The van der Waals surface area contributed by atoms with Gasteiger partial charge in [0.25, 0.3) is 5.56 Å². The second kappa shape index (κ2) is 5.24. The molecule has 6 heteroatoms. The molecule has 0 amide bonds. The molecule has 2 aromatic rings. The van der Waals surface area contributed by atoms with Crippen LogP contribution in [0.15, 0.2) is 35.3 Å². The summed E-state index contributed by atoms with van der Waals surface area (Å²) in [7, 11) is 1.72. The summed E-state index contributed by atoms with van der Waals surface area (Å²) in [5.74, 6) is 0.288. The fraction of sp³-hybridized carbons (Fsp3) is 0.263. The third-order valence-electron chi connectivity index (χ3n) is 4.73. The van der Waals surface area contributed by atoms with Crippen molar-refractivity contribution >= 4 is 28.1 Å². The normalized spacial score (nSPS) is 15.1. The number of anilines is 1. The molecule has 2 aliphatic rings. The summed E-state index contributed by atoms with van der Waals surface area (Å²) in [5, 5.41) is 0.846. The number of hydrogen-bond acceptors (Lipinski definition) is 5. The predicted octanol–water partition coefficient (Wildman–Crippen LogP) is 2.69. The number of aryl methyl sites for hydroxylation is 1. The van der Waals surface area contributed by atoms with Crippen molar-refractivity contribution in [2.45, 2.75) is 20.5 Å². The van der Waals surface area contributed by atoms with Crippen LogP contribution in [0.25, 0.3) is 16.5 Å². The molecule has 0 N–H and O–H groups in total. The van der Waals surface area contributed by atoms with Gasteiger partial charge in [0.05, 0.1) is 11.2 Å². The zero-order valence-corrected chi connectivity index (χ0v) is 14.4. The summed E-state index contributed by atoms with van der Waals surface area (Å²) in [4.78, 5) is 25.6. The van der Waals surface area contributed by atoms with E-state index in [1.54, 1.807) is 11.6 Å². The highest BCUT2D eigenvalue weighted by molar-refractivity contribution is 6.01. The van der Waals surface area contributed by atoms with Gasteiger partial charge in [-0.25, -0.2) is 0 Å². The first-order valence-electron chi connectivity index (χ1n) is 7.99. The third-order valence-corrected chi connectivity index (χ3v) is 4.73. The quantitative estimate of drug-likeness (QED) is 0.788. The van der Waals surface area contributed by atoms with Gasteiger partial charge in [-0.05, 0) is 24.6 Å². The number of carbonyl (C=O) groups is 1. The molecule has 0 saturated carbocycles. The zero-order chi connectivity index (χ0) is 17.9. The van der Waals surface area contributed by atoms with Crippen molar-refractivity contribution in [1.29, 1.82) is 0 Å². The van der Waals surface area contributed by atoms with E-state index in [9.17, 15) is 9.59 Å². The number of carbonyl (C=O) groups excluding carboxylic acids is 1. The Kier molecular flexibility index (Phi) is 3.25. The SMILES string of the molecule is C=C1C=C(C)c2cc3c(COC(C)=O)cc(=O)n(C)c3c3c2N1CO3. The summed E-state index contributed by atoms with van der Waals surface area (Å²) in [6, 6.07) is 3.55. The van der Waals surface area contributed by atoms with Gasteiger partial charge in [0, 0.05) is 42.2 Å². The van der Waals surface area contributed by atoms with Gasteiger partial charge in [-0.1, -0.05) is 6.58 Å². The molecule has 6 nitrogen and oxygen atoms in total. The van der Waals surface area contributed by atoms with Crippen LogP contribution >= 0.6 is 0 Å². The largest absolute Gasteiger partial charge is 0.468 e.